The number of amides is 1. The first kappa shape index (κ1) is 18.4. The molecule has 0 unspecified atom stereocenters. The molecule has 0 spiro atoms. The second-order valence-corrected chi connectivity index (χ2v) is 7.93. The van der Waals surface area contributed by atoms with E-state index in [-0.39, 0.29) is 18.6 Å². The first-order valence-electron chi connectivity index (χ1n) is 9.33. The molecular formula is C21H22N4O2S. The van der Waals surface area contributed by atoms with Crippen molar-refractivity contribution in [3.63, 3.8) is 0 Å². The third kappa shape index (κ3) is 4.31. The monoisotopic (exact) mass is 394 g/mol. The van der Waals surface area contributed by atoms with E-state index in [4.69, 9.17) is 9.72 Å². The van der Waals surface area contributed by atoms with Crippen molar-refractivity contribution in [2.45, 2.75) is 25.8 Å². The summed E-state index contributed by atoms with van der Waals surface area (Å²) in [7, 11) is 0. The number of aryl methyl sites for hydroxylation is 1. The summed E-state index contributed by atoms with van der Waals surface area (Å²) in [6.45, 7) is 2.79. The number of para-hydroxylation sites is 1. The molecule has 144 valence electrons. The Morgan fingerprint density at radius 2 is 2.11 bits per heavy atom. The van der Waals surface area contributed by atoms with Gasteiger partial charge in [0.15, 0.2) is 11.7 Å². The van der Waals surface area contributed by atoms with Gasteiger partial charge in [0.25, 0.3) is 5.91 Å². The van der Waals surface area contributed by atoms with E-state index in [9.17, 15) is 4.79 Å². The van der Waals surface area contributed by atoms with Gasteiger partial charge >= 0.3 is 0 Å². The van der Waals surface area contributed by atoms with Crippen LogP contribution in [0.2, 0.25) is 0 Å². The van der Waals surface area contributed by atoms with Crippen LogP contribution in [0.1, 0.15) is 29.5 Å². The molecule has 3 heterocycles. The van der Waals surface area contributed by atoms with Gasteiger partial charge in [-0.25, -0.2) is 9.97 Å². The van der Waals surface area contributed by atoms with Crippen LogP contribution in [0.3, 0.4) is 0 Å². The van der Waals surface area contributed by atoms with Gasteiger partial charge in [0.05, 0.1) is 11.7 Å². The van der Waals surface area contributed by atoms with E-state index < -0.39 is 0 Å². The Hall–Kier alpha value is -2.93. The molecule has 4 rings (SSSR count). The molecule has 1 amide bonds. The van der Waals surface area contributed by atoms with Gasteiger partial charge in [0.2, 0.25) is 0 Å². The first-order chi connectivity index (χ1) is 13.7. The van der Waals surface area contributed by atoms with E-state index in [1.807, 2.05) is 66.6 Å². The van der Waals surface area contributed by atoms with Crippen molar-refractivity contribution >= 4 is 28.2 Å². The molecule has 0 saturated carbocycles. The van der Waals surface area contributed by atoms with Gasteiger partial charge in [0.1, 0.15) is 11.6 Å². The van der Waals surface area contributed by atoms with Crippen LogP contribution in [0.5, 0.6) is 5.75 Å². The number of likely N-dealkylation sites (tertiary alicyclic amines) is 1. The van der Waals surface area contributed by atoms with Gasteiger partial charge < -0.3 is 15.0 Å². The number of nitrogens with one attached hydrogen (secondary N) is 1. The molecule has 0 radical (unpaired) electrons. The summed E-state index contributed by atoms with van der Waals surface area (Å²) < 4.78 is 5.64. The normalized spacial score (nSPS) is 16.2. The Labute approximate surface area is 168 Å². The molecule has 1 aliphatic heterocycles. The number of rotatable bonds is 6. The lowest BCUT2D eigenvalue weighted by Gasteiger charge is -2.24. The Bertz CT molecular complexity index is 944. The standard InChI is InChI=1S/C21H22N4O2S/c1-15-13-22-21(28-15)24-19-11-5-9-17(23-19)18-10-6-12-25(18)20(26)14-27-16-7-3-2-4-8-16/h2-5,7-9,11,13,18H,6,10,12,14H2,1H3,(H,22,23,24)/t18-/m0/s1. The highest BCUT2D eigenvalue weighted by molar-refractivity contribution is 7.15. The van der Waals surface area contributed by atoms with Gasteiger partial charge in [-0.15, -0.1) is 11.3 Å². The zero-order chi connectivity index (χ0) is 19.3. The molecular weight excluding hydrogens is 372 g/mol. The van der Waals surface area contributed by atoms with E-state index >= 15 is 0 Å². The number of thiazole rings is 1. The topological polar surface area (TPSA) is 67.4 Å². The second-order valence-electron chi connectivity index (χ2n) is 6.70. The van der Waals surface area contributed by atoms with Crippen molar-refractivity contribution in [1.29, 1.82) is 0 Å². The van der Waals surface area contributed by atoms with Gasteiger partial charge in [-0.2, -0.15) is 0 Å². The number of carbonyl (C=O) groups excluding carboxylic acids is 1. The maximum absolute atomic E-state index is 12.7. The predicted molar refractivity (Wildman–Crippen MR) is 110 cm³/mol. The van der Waals surface area contributed by atoms with Gasteiger partial charge in [-0.1, -0.05) is 24.3 Å². The summed E-state index contributed by atoms with van der Waals surface area (Å²) in [5, 5.41) is 4.06. The number of pyridine rings is 1. The van der Waals surface area contributed by atoms with E-state index in [1.165, 1.54) is 0 Å². The van der Waals surface area contributed by atoms with E-state index in [0.717, 1.165) is 40.9 Å². The summed E-state index contributed by atoms with van der Waals surface area (Å²) >= 11 is 1.59. The molecule has 7 heteroatoms. The maximum atomic E-state index is 12.7. The van der Waals surface area contributed by atoms with E-state index in [0.29, 0.717) is 5.75 Å². The average Bonchev–Trinajstić information content (AvgIpc) is 3.36. The zero-order valence-electron chi connectivity index (χ0n) is 15.7. The fraction of sp³-hybridized carbons (Fsp3) is 0.286. The van der Waals surface area contributed by atoms with Gasteiger partial charge in [-0.3, -0.25) is 4.79 Å². The van der Waals surface area contributed by atoms with Crippen LogP contribution < -0.4 is 10.1 Å². The Morgan fingerprint density at radius 3 is 2.89 bits per heavy atom. The Kier molecular flexibility index (Phi) is 5.53. The molecule has 2 aromatic heterocycles. The summed E-state index contributed by atoms with van der Waals surface area (Å²) in [5.74, 6) is 1.43. The Balaban J connectivity index is 1.44. The fourth-order valence-electron chi connectivity index (χ4n) is 3.35. The molecule has 3 aromatic rings. The molecule has 0 aliphatic carbocycles. The van der Waals surface area contributed by atoms with Crippen molar-refractivity contribution in [3.05, 3.63) is 65.3 Å². The molecule has 1 saturated heterocycles. The number of anilines is 2. The van der Waals surface area contributed by atoms with Crippen molar-refractivity contribution in [3.8, 4) is 5.75 Å². The minimum Gasteiger partial charge on any atom is -0.484 e. The molecule has 1 fully saturated rings. The van der Waals surface area contributed by atoms with Crippen LogP contribution in [-0.4, -0.2) is 33.9 Å². The summed E-state index contributed by atoms with van der Waals surface area (Å²) in [4.78, 5) is 24.8. The number of hydrogen-bond donors (Lipinski definition) is 1. The predicted octanol–water partition coefficient (Wildman–Crippen LogP) is 4.33. The fourth-order valence-corrected chi connectivity index (χ4v) is 4.02. The number of nitrogens with zero attached hydrogens (tertiary/aromatic N) is 3. The number of carbonyl (C=O) groups is 1. The Morgan fingerprint density at radius 1 is 1.25 bits per heavy atom. The van der Waals surface area contributed by atoms with Crippen molar-refractivity contribution in [2.24, 2.45) is 0 Å². The largest absolute Gasteiger partial charge is 0.484 e. The molecule has 1 N–H and O–H groups in total. The lowest BCUT2D eigenvalue weighted by atomic mass is 10.1. The molecule has 1 aliphatic rings. The number of hydrogen-bond acceptors (Lipinski definition) is 6. The molecule has 28 heavy (non-hydrogen) atoms. The summed E-state index contributed by atoms with van der Waals surface area (Å²) in [6.07, 6.45) is 3.71. The molecule has 1 atom stereocenters. The highest BCUT2D eigenvalue weighted by atomic mass is 32.1. The smallest absolute Gasteiger partial charge is 0.261 e. The van der Waals surface area contributed by atoms with Crippen LogP contribution in [0.4, 0.5) is 10.9 Å². The van der Waals surface area contributed by atoms with E-state index in [2.05, 4.69) is 10.3 Å². The minimum absolute atomic E-state index is 0.0120. The third-order valence-corrected chi connectivity index (χ3v) is 5.48. The first-order valence-corrected chi connectivity index (χ1v) is 10.1. The van der Waals surface area contributed by atoms with Crippen molar-refractivity contribution < 1.29 is 9.53 Å². The molecule has 1 aromatic carbocycles. The highest BCUT2D eigenvalue weighted by Crippen LogP contribution is 2.32. The van der Waals surface area contributed by atoms with Gasteiger partial charge in [0, 0.05) is 17.6 Å². The number of ether oxygens (including phenoxy) is 1. The minimum atomic E-state index is -0.0216. The SMILES string of the molecule is Cc1cnc(Nc2cccc([C@@H]3CCCN3C(=O)COc3ccccc3)n2)s1. The van der Waals surface area contributed by atoms with Gasteiger partial charge in [-0.05, 0) is 44.0 Å². The summed E-state index contributed by atoms with van der Waals surface area (Å²) in [6, 6.07) is 15.3. The average molecular weight is 394 g/mol. The lowest BCUT2D eigenvalue weighted by molar-refractivity contribution is -0.134. The number of benzene rings is 1. The molecule has 0 bridgehead atoms. The van der Waals surface area contributed by atoms with Crippen LogP contribution in [0.25, 0.3) is 0 Å². The van der Waals surface area contributed by atoms with Crippen LogP contribution in [-0.2, 0) is 4.79 Å². The van der Waals surface area contributed by atoms with Crippen LogP contribution in [0, 0.1) is 6.92 Å². The van der Waals surface area contributed by atoms with Crippen LogP contribution in [0.15, 0.2) is 54.7 Å². The van der Waals surface area contributed by atoms with Crippen molar-refractivity contribution in [2.75, 3.05) is 18.5 Å². The second kappa shape index (κ2) is 8.39. The summed E-state index contributed by atoms with van der Waals surface area (Å²) in [5.41, 5.74) is 0.892. The molecule has 6 nitrogen and oxygen atoms in total. The lowest BCUT2D eigenvalue weighted by Crippen LogP contribution is -2.34. The van der Waals surface area contributed by atoms with Crippen molar-refractivity contribution in [1.82, 2.24) is 14.9 Å². The van der Waals surface area contributed by atoms with E-state index in [1.54, 1.807) is 11.3 Å². The maximum Gasteiger partial charge on any atom is 0.261 e. The number of aromatic nitrogens is 2. The third-order valence-electron chi connectivity index (χ3n) is 4.65. The quantitative estimate of drug-likeness (QED) is 0.674. The highest BCUT2D eigenvalue weighted by Gasteiger charge is 2.31. The van der Waals surface area contributed by atoms with Crippen LogP contribution >= 0.6 is 11.3 Å². The zero-order valence-corrected chi connectivity index (χ0v) is 16.5.